The van der Waals surface area contributed by atoms with Gasteiger partial charge in [-0.3, -0.25) is 14.3 Å². The van der Waals surface area contributed by atoms with E-state index in [1.165, 1.54) is 6.07 Å². The molecule has 94 valence electrons. The third-order valence-corrected chi connectivity index (χ3v) is 3.08. The standard InChI is InChI=1S/C8H8ClNO6S/c9-8(11)5-16-17(14,15)7-3-1-2-6(4-7)10(12)13/h1-4,8,11H,5H2/t8-/m1/s1. The van der Waals surface area contributed by atoms with Crippen LogP contribution < -0.4 is 0 Å². The molecule has 0 saturated carbocycles. The molecule has 17 heavy (non-hydrogen) atoms. The van der Waals surface area contributed by atoms with Crippen molar-refractivity contribution in [1.82, 2.24) is 0 Å². The van der Waals surface area contributed by atoms with Crippen LogP contribution in [0.15, 0.2) is 29.2 Å². The first-order valence-electron chi connectivity index (χ1n) is 4.29. The number of halogens is 1. The van der Waals surface area contributed by atoms with E-state index >= 15 is 0 Å². The summed E-state index contributed by atoms with van der Waals surface area (Å²) in [5, 5.41) is 19.1. The lowest BCUT2D eigenvalue weighted by molar-refractivity contribution is -0.385. The molecular weight excluding hydrogens is 274 g/mol. The van der Waals surface area contributed by atoms with Crippen LogP contribution >= 0.6 is 11.6 Å². The Labute approximate surface area is 102 Å². The van der Waals surface area contributed by atoms with Crippen LogP contribution in [-0.2, 0) is 14.3 Å². The maximum absolute atomic E-state index is 11.5. The summed E-state index contributed by atoms with van der Waals surface area (Å²) < 4.78 is 27.4. The number of hydrogen-bond donors (Lipinski definition) is 1. The van der Waals surface area contributed by atoms with Crippen LogP contribution in [0.5, 0.6) is 0 Å². The number of aliphatic hydroxyl groups excluding tert-OH is 1. The van der Waals surface area contributed by atoms with Crippen LogP contribution in [0.25, 0.3) is 0 Å². The lowest BCUT2D eigenvalue weighted by Gasteiger charge is -2.05. The van der Waals surface area contributed by atoms with Gasteiger partial charge in [0.05, 0.1) is 4.92 Å². The molecule has 0 aromatic heterocycles. The predicted octanol–water partition coefficient (Wildman–Crippen LogP) is 0.857. The summed E-state index contributed by atoms with van der Waals surface area (Å²) in [6.07, 6.45) is 0. The quantitative estimate of drug-likeness (QED) is 0.371. The zero-order valence-corrected chi connectivity index (χ0v) is 9.89. The van der Waals surface area contributed by atoms with Crippen LogP contribution in [0, 0.1) is 10.1 Å². The predicted molar refractivity (Wildman–Crippen MR) is 58.1 cm³/mol. The highest BCUT2D eigenvalue weighted by atomic mass is 35.5. The largest absolute Gasteiger partial charge is 0.375 e. The number of benzene rings is 1. The molecule has 0 unspecified atom stereocenters. The highest BCUT2D eigenvalue weighted by Gasteiger charge is 2.19. The number of rotatable bonds is 5. The molecule has 0 aliphatic heterocycles. The van der Waals surface area contributed by atoms with Gasteiger partial charge in [0.2, 0.25) is 0 Å². The van der Waals surface area contributed by atoms with E-state index in [4.69, 9.17) is 16.7 Å². The highest BCUT2D eigenvalue weighted by Crippen LogP contribution is 2.19. The molecule has 0 spiro atoms. The van der Waals surface area contributed by atoms with E-state index in [1.807, 2.05) is 0 Å². The van der Waals surface area contributed by atoms with Gasteiger partial charge in [0, 0.05) is 12.1 Å². The molecule has 0 fully saturated rings. The van der Waals surface area contributed by atoms with Crippen molar-refractivity contribution in [2.45, 2.75) is 10.5 Å². The molecule has 0 heterocycles. The first-order valence-corrected chi connectivity index (χ1v) is 6.13. The van der Waals surface area contributed by atoms with Gasteiger partial charge in [-0.1, -0.05) is 17.7 Å². The summed E-state index contributed by atoms with van der Waals surface area (Å²) in [7, 11) is -4.16. The molecule has 9 heteroatoms. The number of non-ortho nitro benzene ring substituents is 1. The van der Waals surface area contributed by atoms with Gasteiger partial charge >= 0.3 is 0 Å². The van der Waals surface area contributed by atoms with Gasteiger partial charge in [0.15, 0.2) is 5.56 Å². The van der Waals surface area contributed by atoms with E-state index in [0.717, 1.165) is 18.2 Å². The number of alkyl halides is 1. The molecule has 7 nitrogen and oxygen atoms in total. The van der Waals surface area contributed by atoms with E-state index in [-0.39, 0.29) is 10.6 Å². The number of nitro groups is 1. The fraction of sp³-hybridized carbons (Fsp3) is 0.250. The summed E-state index contributed by atoms with van der Waals surface area (Å²) >= 11 is 5.11. The van der Waals surface area contributed by atoms with Gasteiger partial charge in [-0.05, 0) is 6.07 Å². The minimum atomic E-state index is -4.16. The molecule has 0 aliphatic carbocycles. The van der Waals surface area contributed by atoms with Gasteiger partial charge < -0.3 is 5.11 Å². The molecule has 1 aromatic rings. The molecule has 0 aliphatic rings. The third kappa shape index (κ3) is 3.93. The Morgan fingerprint density at radius 3 is 2.71 bits per heavy atom. The van der Waals surface area contributed by atoms with Gasteiger partial charge in [-0.15, -0.1) is 0 Å². The van der Waals surface area contributed by atoms with E-state index < -0.39 is 27.2 Å². The van der Waals surface area contributed by atoms with Crippen molar-refractivity contribution in [2.75, 3.05) is 6.61 Å². The van der Waals surface area contributed by atoms with Crippen molar-refractivity contribution in [1.29, 1.82) is 0 Å². The van der Waals surface area contributed by atoms with Crippen molar-refractivity contribution in [3.63, 3.8) is 0 Å². The second kappa shape index (κ2) is 5.41. The van der Waals surface area contributed by atoms with Gasteiger partial charge in [0.25, 0.3) is 15.8 Å². The Morgan fingerprint density at radius 1 is 1.53 bits per heavy atom. The Hall–Kier alpha value is -1.22. The number of nitro benzene ring substituents is 1. The Morgan fingerprint density at radius 2 is 2.18 bits per heavy atom. The molecule has 1 aromatic carbocycles. The summed E-state index contributed by atoms with van der Waals surface area (Å²) in [5.74, 6) is 0. The van der Waals surface area contributed by atoms with E-state index in [0.29, 0.717) is 0 Å². The SMILES string of the molecule is O=[N+]([O-])c1cccc(S(=O)(=O)OC[C@@H](O)Cl)c1. The van der Waals surface area contributed by atoms with E-state index in [1.54, 1.807) is 0 Å². The van der Waals surface area contributed by atoms with Crippen LogP contribution in [0.1, 0.15) is 0 Å². The van der Waals surface area contributed by atoms with Crippen molar-refractivity contribution >= 4 is 27.4 Å². The zero-order chi connectivity index (χ0) is 13.1. The monoisotopic (exact) mass is 281 g/mol. The maximum Gasteiger partial charge on any atom is 0.297 e. The summed E-state index contributed by atoms with van der Waals surface area (Å²) in [6, 6.07) is 4.36. The Kier molecular flexibility index (Phi) is 4.40. The average Bonchev–Trinajstić information content (AvgIpc) is 2.27. The van der Waals surface area contributed by atoms with Crippen molar-refractivity contribution in [3.05, 3.63) is 34.4 Å². The van der Waals surface area contributed by atoms with Gasteiger partial charge in [-0.2, -0.15) is 8.42 Å². The smallest absolute Gasteiger partial charge is 0.297 e. The topological polar surface area (TPSA) is 107 Å². The van der Waals surface area contributed by atoms with Gasteiger partial charge in [-0.25, -0.2) is 0 Å². The molecule has 0 amide bonds. The Bertz CT molecular complexity index is 515. The molecular formula is C8H8ClNO6S. The number of aliphatic hydroxyl groups is 1. The summed E-state index contributed by atoms with van der Waals surface area (Å²) in [6.45, 7) is -0.632. The molecule has 0 radical (unpaired) electrons. The van der Waals surface area contributed by atoms with Crippen LogP contribution in [0.3, 0.4) is 0 Å². The normalized spacial score (nSPS) is 13.3. The van der Waals surface area contributed by atoms with Crippen LogP contribution in [0.4, 0.5) is 5.69 Å². The highest BCUT2D eigenvalue weighted by molar-refractivity contribution is 7.86. The minimum absolute atomic E-state index is 0.371. The first-order chi connectivity index (χ1) is 7.83. The van der Waals surface area contributed by atoms with Crippen molar-refractivity contribution in [2.24, 2.45) is 0 Å². The lowest BCUT2D eigenvalue weighted by Crippen LogP contribution is -2.14. The molecule has 1 atom stereocenters. The second-order valence-corrected chi connectivity index (χ2v) is 5.05. The summed E-state index contributed by atoms with van der Waals surface area (Å²) in [5.41, 5.74) is -1.84. The zero-order valence-electron chi connectivity index (χ0n) is 8.32. The number of nitrogens with zero attached hydrogens (tertiary/aromatic N) is 1. The van der Waals surface area contributed by atoms with E-state index in [9.17, 15) is 18.5 Å². The molecule has 1 N–H and O–H groups in total. The minimum Gasteiger partial charge on any atom is -0.375 e. The van der Waals surface area contributed by atoms with Crippen molar-refractivity contribution < 1.29 is 22.6 Å². The fourth-order valence-electron chi connectivity index (χ4n) is 0.966. The van der Waals surface area contributed by atoms with Crippen LogP contribution in [0.2, 0.25) is 0 Å². The van der Waals surface area contributed by atoms with Crippen LogP contribution in [-0.4, -0.2) is 30.6 Å². The average molecular weight is 282 g/mol. The Balaban J connectivity index is 2.99. The third-order valence-electron chi connectivity index (χ3n) is 1.68. The molecule has 0 saturated heterocycles. The first kappa shape index (κ1) is 13.8. The maximum atomic E-state index is 11.5. The lowest BCUT2D eigenvalue weighted by atomic mass is 10.3. The number of hydrogen-bond acceptors (Lipinski definition) is 6. The van der Waals surface area contributed by atoms with Gasteiger partial charge in [0.1, 0.15) is 11.5 Å². The molecule has 1 rings (SSSR count). The second-order valence-electron chi connectivity index (χ2n) is 2.93. The fourth-order valence-corrected chi connectivity index (χ4v) is 2.06. The van der Waals surface area contributed by atoms with E-state index in [2.05, 4.69) is 4.18 Å². The summed E-state index contributed by atoms with van der Waals surface area (Å²) in [4.78, 5) is 9.36. The molecule has 0 bridgehead atoms. The van der Waals surface area contributed by atoms with Crippen molar-refractivity contribution in [3.8, 4) is 0 Å².